The number of aromatic nitrogens is 3. The van der Waals surface area contributed by atoms with E-state index in [4.69, 9.17) is 0 Å². The standard InChI is InChI=1S/C12H11F3N4O/c1-5-4-7(5)11(20)17-10-6-2-3-8(12(13,14)15)16-9(6)18-19-10/h2-3,5,7H,4H2,1H3,(H2,16,17,18,19,20). The lowest BCUT2D eigenvalue weighted by atomic mass is 10.2. The van der Waals surface area contributed by atoms with Crippen LogP contribution in [0.25, 0.3) is 11.0 Å². The number of nitrogens with zero attached hydrogens (tertiary/aromatic N) is 2. The van der Waals surface area contributed by atoms with Gasteiger partial charge in [0.15, 0.2) is 11.5 Å². The topological polar surface area (TPSA) is 70.7 Å². The predicted molar refractivity (Wildman–Crippen MR) is 64.8 cm³/mol. The molecule has 1 amide bonds. The molecule has 1 saturated carbocycles. The van der Waals surface area contributed by atoms with Gasteiger partial charge in [-0.3, -0.25) is 9.89 Å². The van der Waals surface area contributed by atoms with Crippen molar-refractivity contribution in [3.05, 3.63) is 17.8 Å². The van der Waals surface area contributed by atoms with Crippen LogP contribution in [0, 0.1) is 11.8 Å². The highest BCUT2D eigenvalue weighted by molar-refractivity contribution is 6.00. The molecule has 3 rings (SSSR count). The third-order valence-electron chi connectivity index (χ3n) is 3.40. The van der Waals surface area contributed by atoms with E-state index in [1.165, 1.54) is 6.07 Å². The van der Waals surface area contributed by atoms with Gasteiger partial charge < -0.3 is 5.32 Å². The molecule has 8 heteroatoms. The van der Waals surface area contributed by atoms with Crippen LogP contribution < -0.4 is 5.32 Å². The summed E-state index contributed by atoms with van der Waals surface area (Å²) in [6.45, 7) is 1.96. The van der Waals surface area contributed by atoms with E-state index in [1.807, 2.05) is 6.92 Å². The van der Waals surface area contributed by atoms with Crippen LogP contribution in [0.1, 0.15) is 19.0 Å². The zero-order chi connectivity index (χ0) is 14.5. The zero-order valence-corrected chi connectivity index (χ0v) is 10.5. The molecule has 2 heterocycles. The van der Waals surface area contributed by atoms with Crippen LogP contribution in [0.2, 0.25) is 0 Å². The Morgan fingerprint density at radius 2 is 2.15 bits per heavy atom. The lowest BCUT2D eigenvalue weighted by Gasteiger charge is -2.05. The van der Waals surface area contributed by atoms with E-state index in [0.717, 1.165) is 12.5 Å². The molecule has 1 aliphatic rings. The predicted octanol–water partition coefficient (Wildman–Crippen LogP) is 2.57. The summed E-state index contributed by atoms with van der Waals surface area (Å²) in [4.78, 5) is 15.2. The first-order valence-electron chi connectivity index (χ1n) is 6.09. The maximum absolute atomic E-state index is 12.5. The highest BCUT2D eigenvalue weighted by Crippen LogP contribution is 2.38. The van der Waals surface area contributed by atoms with E-state index in [0.29, 0.717) is 11.3 Å². The first-order valence-corrected chi connectivity index (χ1v) is 6.09. The number of carbonyl (C=O) groups excluding carboxylic acids is 1. The molecule has 2 unspecified atom stereocenters. The second-order valence-electron chi connectivity index (χ2n) is 4.97. The quantitative estimate of drug-likeness (QED) is 0.890. The Morgan fingerprint density at radius 1 is 1.45 bits per heavy atom. The van der Waals surface area contributed by atoms with Gasteiger partial charge in [-0.2, -0.15) is 18.3 Å². The van der Waals surface area contributed by atoms with Crippen LogP contribution in [0.3, 0.4) is 0 Å². The SMILES string of the molecule is CC1CC1C(=O)Nc1n[nH]c2nc(C(F)(F)F)ccc12. The average Bonchev–Trinajstić information content (AvgIpc) is 2.97. The molecule has 0 saturated heterocycles. The van der Waals surface area contributed by atoms with Crippen LogP contribution in [0.5, 0.6) is 0 Å². The van der Waals surface area contributed by atoms with Crippen molar-refractivity contribution in [2.75, 3.05) is 5.32 Å². The van der Waals surface area contributed by atoms with Gasteiger partial charge in [-0.25, -0.2) is 4.98 Å². The van der Waals surface area contributed by atoms with Gasteiger partial charge in [-0.1, -0.05) is 6.92 Å². The Balaban J connectivity index is 1.88. The summed E-state index contributed by atoms with van der Waals surface area (Å²) in [5, 5.41) is 9.18. The number of hydrogen-bond donors (Lipinski definition) is 2. The van der Waals surface area contributed by atoms with E-state index in [1.54, 1.807) is 0 Å². The summed E-state index contributed by atoms with van der Waals surface area (Å²) in [6, 6.07) is 2.12. The number of pyridine rings is 1. The fourth-order valence-corrected chi connectivity index (χ4v) is 2.05. The van der Waals surface area contributed by atoms with Crippen molar-refractivity contribution in [1.82, 2.24) is 15.2 Å². The molecule has 0 radical (unpaired) electrons. The van der Waals surface area contributed by atoms with Crippen molar-refractivity contribution in [3.63, 3.8) is 0 Å². The largest absolute Gasteiger partial charge is 0.433 e. The van der Waals surface area contributed by atoms with Crippen molar-refractivity contribution < 1.29 is 18.0 Å². The highest BCUT2D eigenvalue weighted by atomic mass is 19.4. The molecule has 0 bridgehead atoms. The van der Waals surface area contributed by atoms with Crippen molar-refractivity contribution in [2.45, 2.75) is 19.5 Å². The number of hydrogen-bond acceptors (Lipinski definition) is 3. The molecule has 5 nitrogen and oxygen atoms in total. The minimum Gasteiger partial charge on any atom is -0.308 e. The molecule has 0 spiro atoms. The monoisotopic (exact) mass is 284 g/mol. The van der Waals surface area contributed by atoms with Crippen molar-refractivity contribution in [3.8, 4) is 0 Å². The van der Waals surface area contributed by atoms with Crippen molar-refractivity contribution in [1.29, 1.82) is 0 Å². The van der Waals surface area contributed by atoms with Crippen LogP contribution in [-0.2, 0) is 11.0 Å². The maximum atomic E-state index is 12.5. The Bertz CT molecular complexity index is 679. The molecule has 1 aliphatic carbocycles. The van der Waals surface area contributed by atoms with Gasteiger partial charge in [0.1, 0.15) is 5.69 Å². The highest BCUT2D eigenvalue weighted by Gasteiger charge is 2.39. The molecular formula is C12H11F3N4O. The van der Waals surface area contributed by atoms with Gasteiger partial charge in [-0.15, -0.1) is 0 Å². The molecule has 0 aromatic carbocycles. The Labute approximate surface area is 111 Å². The number of carbonyl (C=O) groups is 1. The second-order valence-corrected chi connectivity index (χ2v) is 4.97. The van der Waals surface area contributed by atoms with Gasteiger partial charge in [0.2, 0.25) is 5.91 Å². The summed E-state index contributed by atoms with van der Waals surface area (Å²) in [5.41, 5.74) is -0.999. The van der Waals surface area contributed by atoms with Crippen molar-refractivity contribution in [2.24, 2.45) is 11.8 Å². The lowest BCUT2D eigenvalue weighted by molar-refractivity contribution is -0.141. The normalized spacial score (nSPS) is 22.0. The van der Waals surface area contributed by atoms with Crippen LogP contribution in [0.4, 0.5) is 19.0 Å². The Hall–Kier alpha value is -2.12. The number of aromatic amines is 1. The summed E-state index contributed by atoms with van der Waals surface area (Å²) >= 11 is 0. The van der Waals surface area contributed by atoms with Crippen molar-refractivity contribution >= 4 is 22.8 Å². The van der Waals surface area contributed by atoms with Gasteiger partial charge >= 0.3 is 6.18 Å². The Kier molecular flexibility index (Phi) is 2.70. The number of amides is 1. The Morgan fingerprint density at radius 3 is 2.75 bits per heavy atom. The molecule has 2 N–H and O–H groups in total. The number of halogens is 3. The minimum atomic E-state index is -4.51. The van der Waals surface area contributed by atoms with Crippen LogP contribution >= 0.6 is 0 Å². The van der Waals surface area contributed by atoms with Gasteiger partial charge in [-0.05, 0) is 24.5 Å². The third kappa shape index (κ3) is 2.21. The number of nitrogens with one attached hydrogen (secondary N) is 2. The van der Waals surface area contributed by atoms with E-state index >= 15 is 0 Å². The smallest absolute Gasteiger partial charge is 0.308 e. The molecule has 106 valence electrons. The molecule has 0 aliphatic heterocycles. The molecule has 2 aromatic heterocycles. The molecule has 2 aromatic rings. The van der Waals surface area contributed by atoms with Gasteiger partial charge in [0, 0.05) is 5.92 Å². The summed E-state index contributed by atoms with van der Waals surface area (Å²) in [6.07, 6.45) is -3.68. The fraction of sp³-hybridized carbons (Fsp3) is 0.417. The number of H-pyrrole nitrogens is 1. The molecular weight excluding hydrogens is 273 g/mol. The summed E-state index contributed by atoms with van der Waals surface area (Å²) in [5.74, 6) is 0.357. The molecule has 20 heavy (non-hydrogen) atoms. The fourth-order valence-electron chi connectivity index (χ4n) is 2.05. The summed E-state index contributed by atoms with van der Waals surface area (Å²) in [7, 11) is 0. The van der Waals surface area contributed by atoms with Crippen LogP contribution in [0.15, 0.2) is 12.1 Å². The van der Waals surface area contributed by atoms with Gasteiger partial charge in [0.25, 0.3) is 0 Å². The first kappa shape index (κ1) is 12.9. The zero-order valence-electron chi connectivity index (χ0n) is 10.5. The first-order chi connectivity index (χ1) is 9.36. The molecule has 2 atom stereocenters. The average molecular weight is 284 g/mol. The van der Waals surface area contributed by atoms with E-state index in [9.17, 15) is 18.0 Å². The number of rotatable bonds is 2. The van der Waals surface area contributed by atoms with E-state index in [-0.39, 0.29) is 23.3 Å². The van der Waals surface area contributed by atoms with E-state index in [2.05, 4.69) is 20.5 Å². The number of anilines is 1. The number of alkyl halides is 3. The second kappa shape index (κ2) is 4.19. The van der Waals surface area contributed by atoms with Gasteiger partial charge in [0.05, 0.1) is 5.39 Å². The number of fused-ring (bicyclic) bond motifs is 1. The molecule has 1 fully saturated rings. The third-order valence-corrected chi connectivity index (χ3v) is 3.40. The summed E-state index contributed by atoms with van der Waals surface area (Å²) < 4.78 is 37.6. The maximum Gasteiger partial charge on any atom is 0.433 e. The van der Waals surface area contributed by atoms with Crippen LogP contribution in [-0.4, -0.2) is 21.1 Å². The van der Waals surface area contributed by atoms with E-state index < -0.39 is 11.9 Å². The minimum absolute atomic E-state index is 0.000953. The lowest BCUT2D eigenvalue weighted by Crippen LogP contribution is -2.14.